The molecule has 0 aliphatic heterocycles. The SMILES string of the molecule is C=CC(=C)/C=C/c1nc2ccccc2[nH]1. The van der Waals surface area contributed by atoms with E-state index in [1.165, 1.54) is 0 Å². The van der Waals surface area contributed by atoms with Crippen LogP contribution in [0.5, 0.6) is 0 Å². The highest BCUT2D eigenvalue weighted by molar-refractivity contribution is 5.76. The van der Waals surface area contributed by atoms with Crippen LogP contribution in [0.1, 0.15) is 5.82 Å². The largest absolute Gasteiger partial charge is 0.338 e. The van der Waals surface area contributed by atoms with Gasteiger partial charge in [-0.25, -0.2) is 4.98 Å². The Morgan fingerprint density at radius 1 is 1.33 bits per heavy atom. The Morgan fingerprint density at radius 3 is 2.87 bits per heavy atom. The fourth-order valence-electron chi connectivity index (χ4n) is 1.31. The van der Waals surface area contributed by atoms with Gasteiger partial charge in [0.1, 0.15) is 5.82 Å². The van der Waals surface area contributed by atoms with E-state index in [9.17, 15) is 0 Å². The molecule has 74 valence electrons. The number of imidazole rings is 1. The topological polar surface area (TPSA) is 28.7 Å². The first-order chi connectivity index (χ1) is 7.29. The standard InChI is InChI=1S/C13H12N2/c1-3-10(2)8-9-13-14-11-6-4-5-7-12(11)15-13/h3-9H,1-2H2,(H,14,15)/b9-8+. The number of rotatable bonds is 3. The molecule has 0 saturated carbocycles. The van der Waals surface area contributed by atoms with E-state index >= 15 is 0 Å². The maximum Gasteiger partial charge on any atom is 0.131 e. The van der Waals surface area contributed by atoms with Gasteiger partial charge >= 0.3 is 0 Å². The fraction of sp³-hybridized carbons (Fsp3) is 0. The molecule has 1 aromatic carbocycles. The van der Waals surface area contributed by atoms with Crippen molar-refractivity contribution < 1.29 is 0 Å². The van der Waals surface area contributed by atoms with E-state index in [0.29, 0.717) is 0 Å². The van der Waals surface area contributed by atoms with Crippen molar-refractivity contribution in [1.82, 2.24) is 9.97 Å². The summed E-state index contributed by atoms with van der Waals surface area (Å²) in [6.07, 6.45) is 5.48. The zero-order chi connectivity index (χ0) is 10.7. The molecule has 2 nitrogen and oxygen atoms in total. The van der Waals surface area contributed by atoms with Gasteiger partial charge in [0.2, 0.25) is 0 Å². The van der Waals surface area contributed by atoms with Gasteiger partial charge in [-0.3, -0.25) is 0 Å². The first kappa shape index (κ1) is 9.46. The molecule has 0 fully saturated rings. The quantitative estimate of drug-likeness (QED) is 0.749. The number of aromatic nitrogens is 2. The number of benzene rings is 1. The van der Waals surface area contributed by atoms with Gasteiger partial charge in [0.15, 0.2) is 0 Å². The Balaban J connectivity index is 2.33. The third kappa shape index (κ3) is 2.05. The lowest BCUT2D eigenvalue weighted by Gasteiger charge is -1.85. The number of allylic oxidation sites excluding steroid dienone is 3. The Hall–Kier alpha value is -2.09. The summed E-state index contributed by atoms with van der Waals surface area (Å²) < 4.78 is 0. The van der Waals surface area contributed by atoms with Crippen LogP contribution in [0.25, 0.3) is 17.1 Å². The lowest BCUT2D eigenvalue weighted by atomic mass is 10.3. The predicted octanol–water partition coefficient (Wildman–Crippen LogP) is 3.32. The molecule has 2 heteroatoms. The molecule has 0 atom stereocenters. The summed E-state index contributed by atoms with van der Waals surface area (Å²) in [5.41, 5.74) is 2.89. The number of H-pyrrole nitrogens is 1. The van der Waals surface area contributed by atoms with Crippen molar-refractivity contribution in [2.24, 2.45) is 0 Å². The van der Waals surface area contributed by atoms with Crippen molar-refractivity contribution in [2.75, 3.05) is 0 Å². The van der Waals surface area contributed by atoms with E-state index in [4.69, 9.17) is 0 Å². The Labute approximate surface area is 88.7 Å². The van der Waals surface area contributed by atoms with E-state index < -0.39 is 0 Å². The molecule has 0 unspecified atom stereocenters. The highest BCUT2D eigenvalue weighted by Crippen LogP contribution is 2.11. The summed E-state index contributed by atoms with van der Waals surface area (Å²) in [6, 6.07) is 7.93. The van der Waals surface area contributed by atoms with Gasteiger partial charge in [-0.15, -0.1) is 0 Å². The minimum atomic E-state index is 0.833. The molecule has 1 heterocycles. The zero-order valence-corrected chi connectivity index (χ0v) is 8.40. The van der Waals surface area contributed by atoms with Crippen LogP contribution in [0, 0.1) is 0 Å². The average Bonchev–Trinajstić information content (AvgIpc) is 2.68. The van der Waals surface area contributed by atoms with Crippen molar-refractivity contribution in [1.29, 1.82) is 0 Å². The van der Waals surface area contributed by atoms with Gasteiger partial charge in [0, 0.05) is 0 Å². The average molecular weight is 196 g/mol. The van der Waals surface area contributed by atoms with Gasteiger partial charge in [0.05, 0.1) is 11.0 Å². The molecule has 0 spiro atoms. The molecule has 0 aliphatic rings. The van der Waals surface area contributed by atoms with E-state index in [1.807, 2.05) is 36.4 Å². The van der Waals surface area contributed by atoms with Crippen molar-refractivity contribution in [2.45, 2.75) is 0 Å². The molecule has 2 rings (SSSR count). The van der Waals surface area contributed by atoms with Gasteiger partial charge in [-0.1, -0.05) is 37.4 Å². The van der Waals surface area contributed by atoms with Crippen LogP contribution in [0.4, 0.5) is 0 Å². The monoisotopic (exact) mass is 196 g/mol. The Bertz CT molecular complexity index is 499. The number of para-hydroxylation sites is 2. The maximum absolute atomic E-state index is 4.40. The molecule has 2 aromatic rings. The molecular formula is C13H12N2. The van der Waals surface area contributed by atoms with E-state index in [2.05, 4.69) is 23.1 Å². The highest BCUT2D eigenvalue weighted by Gasteiger charge is 1.97. The van der Waals surface area contributed by atoms with Crippen molar-refractivity contribution in [3.63, 3.8) is 0 Å². The van der Waals surface area contributed by atoms with Gasteiger partial charge < -0.3 is 4.98 Å². The normalized spacial score (nSPS) is 10.9. The molecule has 1 N–H and O–H groups in total. The van der Waals surface area contributed by atoms with Crippen LogP contribution in [-0.2, 0) is 0 Å². The second-order valence-corrected chi connectivity index (χ2v) is 3.25. The first-order valence-electron chi connectivity index (χ1n) is 4.74. The van der Waals surface area contributed by atoms with Crippen LogP contribution >= 0.6 is 0 Å². The number of hydrogen-bond donors (Lipinski definition) is 1. The van der Waals surface area contributed by atoms with Crippen LogP contribution in [0.3, 0.4) is 0 Å². The van der Waals surface area contributed by atoms with Gasteiger partial charge in [-0.2, -0.15) is 0 Å². The van der Waals surface area contributed by atoms with Crippen molar-refractivity contribution in [3.05, 3.63) is 61.0 Å². The summed E-state index contributed by atoms with van der Waals surface area (Å²) in [5, 5.41) is 0. The summed E-state index contributed by atoms with van der Waals surface area (Å²) in [7, 11) is 0. The van der Waals surface area contributed by atoms with Crippen molar-refractivity contribution >= 4 is 17.1 Å². The second kappa shape index (κ2) is 3.96. The molecule has 0 amide bonds. The first-order valence-corrected chi connectivity index (χ1v) is 4.74. The van der Waals surface area contributed by atoms with Crippen LogP contribution < -0.4 is 0 Å². The molecule has 15 heavy (non-hydrogen) atoms. The summed E-state index contributed by atoms with van der Waals surface area (Å²) in [4.78, 5) is 7.60. The molecular weight excluding hydrogens is 184 g/mol. The number of aromatic amines is 1. The molecule has 0 aliphatic carbocycles. The van der Waals surface area contributed by atoms with Gasteiger partial charge in [0.25, 0.3) is 0 Å². The lowest BCUT2D eigenvalue weighted by Crippen LogP contribution is -1.73. The van der Waals surface area contributed by atoms with E-state index in [0.717, 1.165) is 22.4 Å². The van der Waals surface area contributed by atoms with E-state index in [1.54, 1.807) is 6.08 Å². The number of nitrogens with one attached hydrogen (secondary N) is 1. The fourth-order valence-corrected chi connectivity index (χ4v) is 1.31. The smallest absolute Gasteiger partial charge is 0.131 e. The summed E-state index contributed by atoms with van der Waals surface area (Å²) in [5.74, 6) is 0.833. The Kier molecular flexibility index (Phi) is 2.50. The second-order valence-electron chi connectivity index (χ2n) is 3.25. The van der Waals surface area contributed by atoms with Crippen LogP contribution in [0.2, 0.25) is 0 Å². The highest BCUT2D eigenvalue weighted by atomic mass is 14.9. The number of nitrogens with zero attached hydrogens (tertiary/aromatic N) is 1. The summed E-state index contributed by atoms with van der Waals surface area (Å²) in [6.45, 7) is 7.43. The molecule has 1 aromatic heterocycles. The van der Waals surface area contributed by atoms with Gasteiger partial charge in [-0.05, 0) is 23.8 Å². The van der Waals surface area contributed by atoms with E-state index in [-0.39, 0.29) is 0 Å². The third-order valence-corrected chi connectivity index (χ3v) is 2.13. The third-order valence-electron chi connectivity index (χ3n) is 2.13. The molecule has 0 saturated heterocycles. The predicted molar refractivity (Wildman–Crippen MR) is 64.5 cm³/mol. The zero-order valence-electron chi connectivity index (χ0n) is 8.40. The number of hydrogen-bond acceptors (Lipinski definition) is 1. The summed E-state index contributed by atoms with van der Waals surface area (Å²) >= 11 is 0. The van der Waals surface area contributed by atoms with Crippen molar-refractivity contribution in [3.8, 4) is 0 Å². The molecule has 0 radical (unpaired) electrons. The Morgan fingerprint density at radius 2 is 2.13 bits per heavy atom. The minimum absolute atomic E-state index is 0.833. The lowest BCUT2D eigenvalue weighted by molar-refractivity contribution is 1.29. The van der Waals surface area contributed by atoms with Crippen LogP contribution in [-0.4, -0.2) is 9.97 Å². The minimum Gasteiger partial charge on any atom is -0.338 e. The molecule has 0 bridgehead atoms. The maximum atomic E-state index is 4.40. The van der Waals surface area contributed by atoms with Crippen LogP contribution in [0.15, 0.2) is 55.1 Å². The number of fused-ring (bicyclic) bond motifs is 1.